The molecule has 1 aliphatic heterocycles. The lowest BCUT2D eigenvalue weighted by atomic mass is 9.82. The number of hydrogen-bond donors (Lipinski definition) is 5. The molecule has 0 radical (unpaired) electrons. The lowest BCUT2D eigenvalue weighted by Crippen LogP contribution is -2.60. The quantitative estimate of drug-likeness (QED) is 0.216. The Morgan fingerprint density at radius 3 is 2.10 bits per heavy atom. The Bertz CT molecular complexity index is 1370. The van der Waals surface area contributed by atoms with E-state index in [9.17, 15) is 35.1 Å². The average molecular weight is 537 g/mol. The molecule has 1 heterocycles. The Labute approximate surface area is 223 Å². The van der Waals surface area contributed by atoms with Gasteiger partial charge in [0.25, 0.3) is 0 Å². The molecule has 1 saturated heterocycles. The van der Waals surface area contributed by atoms with Crippen molar-refractivity contribution in [1.29, 1.82) is 0 Å². The van der Waals surface area contributed by atoms with E-state index in [0.29, 0.717) is 5.56 Å². The van der Waals surface area contributed by atoms with Crippen LogP contribution in [0.2, 0.25) is 0 Å². The van der Waals surface area contributed by atoms with Crippen LogP contribution in [0, 0.1) is 0 Å². The van der Waals surface area contributed by atoms with Crippen LogP contribution in [0.4, 0.5) is 0 Å². The molecule has 5 rings (SSSR count). The number of carbonyl (C=O) groups excluding carboxylic acids is 2. The summed E-state index contributed by atoms with van der Waals surface area (Å²) >= 11 is 0. The van der Waals surface area contributed by atoms with Crippen molar-refractivity contribution < 1.29 is 49.3 Å². The first-order valence-corrected chi connectivity index (χ1v) is 12.5. The Morgan fingerprint density at radius 2 is 1.44 bits per heavy atom. The van der Waals surface area contributed by atoms with Gasteiger partial charge in [-0.25, -0.2) is 0 Å². The summed E-state index contributed by atoms with van der Waals surface area (Å²) in [5.74, 6) is -1.05. The number of ketones is 2. The maximum Gasteiger partial charge on any atom is 0.229 e. The third-order valence-corrected chi connectivity index (χ3v) is 6.86. The van der Waals surface area contributed by atoms with Gasteiger partial charge in [0.2, 0.25) is 6.29 Å². The van der Waals surface area contributed by atoms with Crippen LogP contribution in [-0.4, -0.2) is 87.6 Å². The van der Waals surface area contributed by atoms with Crippen LogP contribution < -0.4 is 9.47 Å². The van der Waals surface area contributed by atoms with Gasteiger partial charge in [0.15, 0.2) is 23.1 Å². The molecule has 0 spiro atoms. The second-order valence-corrected chi connectivity index (χ2v) is 9.37. The number of rotatable bonds is 8. The van der Waals surface area contributed by atoms with Crippen molar-refractivity contribution in [2.45, 2.75) is 37.1 Å². The Balaban J connectivity index is 1.69. The highest BCUT2D eigenvalue weighted by atomic mass is 16.7. The van der Waals surface area contributed by atoms with Gasteiger partial charge in [-0.15, -0.1) is 0 Å². The summed E-state index contributed by atoms with van der Waals surface area (Å²) in [6, 6.07) is 17.2. The zero-order valence-corrected chi connectivity index (χ0v) is 20.8. The molecule has 0 amide bonds. The molecule has 10 nitrogen and oxygen atoms in total. The van der Waals surface area contributed by atoms with Gasteiger partial charge in [0.1, 0.15) is 31.0 Å². The van der Waals surface area contributed by atoms with Crippen molar-refractivity contribution in [2.75, 3.05) is 19.8 Å². The molecule has 5 N–H and O–H groups in total. The van der Waals surface area contributed by atoms with Crippen LogP contribution in [0.5, 0.6) is 11.5 Å². The highest BCUT2D eigenvalue weighted by Gasteiger charge is 2.46. The van der Waals surface area contributed by atoms with E-state index in [2.05, 4.69) is 0 Å². The number of ether oxygens (including phenoxy) is 3. The Morgan fingerprint density at radius 1 is 0.769 bits per heavy atom. The van der Waals surface area contributed by atoms with Crippen molar-refractivity contribution in [3.63, 3.8) is 0 Å². The topological polar surface area (TPSA) is 163 Å². The maximum absolute atomic E-state index is 13.7. The third kappa shape index (κ3) is 4.94. The first-order chi connectivity index (χ1) is 18.8. The van der Waals surface area contributed by atoms with E-state index < -0.39 is 49.7 Å². The molecule has 3 aromatic rings. The number of aliphatic hydroxyl groups is 5. The van der Waals surface area contributed by atoms with Crippen molar-refractivity contribution in [3.8, 4) is 11.5 Å². The predicted octanol–water partition coefficient (Wildman–Crippen LogP) is 0.603. The lowest BCUT2D eigenvalue weighted by molar-refractivity contribution is -0.277. The molecule has 5 unspecified atom stereocenters. The zero-order chi connectivity index (χ0) is 27.7. The second-order valence-electron chi connectivity index (χ2n) is 9.37. The molecular formula is C29H28O10. The van der Waals surface area contributed by atoms with E-state index in [-0.39, 0.29) is 52.6 Å². The van der Waals surface area contributed by atoms with Gasteiger partial charge in [0, 0.05) is 28.7 Å². The summed E-state index contributed by atoms with van der Waals surface area (Å²) in [5, 5.41) is 50.3. The minimum atomic E-state index is -1.73. The summed E-state index contributed by atoms with van der Waals surface area (Å²) in [7, 11) is 0. The Kier molecular flexibility index (Phi) is 7.76. The fourth-order valence-electron chi connectivity index (χ4n) is 4.90. The average Bonchev–Trinajstić information content (AvgIpc) is 2.96. The lowest BCUT2D eigenvalue weighted by Gasteiger charge is -2.40. The normalized spacial score (nSPS) is 24.2. The molecule has 0 saturated carbocycles. The molecule has 1 aliphatic carbocycles. The van der Waals surface area contributed by atoms with Crippen LogP contribution in [0.3, 0.4) is 0 Å². The van der Waals surface area contributed by atoms with Crippen LogP contribution in [0.1, 0.15) is 43.0 Å². The molecule has 39 heavy (non-hydrogen) atoms. The van der Waals surface area contributed by atoms with Gasteiger partial charge in [0.05, 0.1) is 18.8 Å². The van der Waals surface area contributed by atoms with Gasteiger partial charge < -0.3 is 39.7 Å². The zero-order valence-electron chi connectivity index (χ0n) is 20.8. The van der Waals surface area contributed by atoms with E-state index in [4.69, 9.17) is 14.2 Å². The number of hydrogen-bond acceptors (Lipinski definition) is 10. The standard InChI is InChI=1S/C29H28O10/c30-10-11-37-28-21-19(22(32)17-8-4-5-9-18(17)23(21)33)13-16(12-15-6-2-1-3-7-15)27(28)39-29-26(36)25(35)24(34)20(14-31)38-29/h1-9,13,20,24-26,29-31,34-36H,10-12,14H2. The van der Waals surface area contributed by atoms with Crippen LogP contribution in [0.25, 0.3) is 0 Å². The largest absolute Gasteiger partial charge is 0.486 e. The Hall–Kier alpha value is -3.64. The van der Waals surface area contributed by atoms with Crippen LogP contribution in [0.15, 0.2) is 60.7 Å². The summed E-state index contributed by atoms with van der Waals surface area (Å²) in [5.41, 5.74) is 1.70. The summed E-state index contributed by atoms with van der Waals surface area (Å²) in [6.07, 6.45) is -7.62. The number of benzene rings is 3. The SMILES string of the molecule is O=C1c2ccccc2C(=O)c2c1cc(Cc1ccccc1)c(OC1OC(CO)C(O)C(O)C1O)c2OCCO. The highest BCUT2D eigenvalue weighted by Crippen LogP contribution is 2.44. The molecule has 1 fully saturated rings. The number of carbonyl (C=O) groups is 2. The van der Waals surface area contributed by atoms with E-state index in [0.717, 1.165) is 5.56 Å². The third-order valence-electron chi connectivity index (χ3n) is 6.86. The number of aliphatic hydroxyl groups excluding tert-OH is 5. The molecule has 2 aliphatic rings. The van der Waals surface area contributed by atoms with Crippen molar-refractivity contribution >= 4 is 11.6 Å². The monoisotopic (exact) mass is 536 g/mol. The van der Waals surface area contributed by atoms with E-state index >= 15 is 0 Å². The predicted molar refractivity (Wildman–Crippen MR) is 136 cm³/mol. The smallest absolute Gasteiger partial charge is 0.229 e. The number of fused-ring (bicyclic) bond motifs is 2. The molecule has 204 valence electrons. The van der Waals surface area contributed by atoms with E-state index in [1.165, 1.54) is 12.1 Å². The minimum absolute atomic E-state index is 0.0455. The summed E-state index contributed by atoms with van der Waals surface area (Å²) < 4.78 is 17.4. The molecule has 10 heteroatoms. The van der Waals surface area contributed by atoms with E-state index in [1.807, 2.05) is 30.3 Å². The fraction of sp³-hybridized carbons (Fsp3) is 0.310. The van der Waals surface area contributed by atoms with Crippen LogP contribution >= 0.6 is 0 Å². The van der Waals surface area contributed by atoms with Gasteiger partial charge in [-0.3, -0.25) is 9.59 Å². The molecular weight excluding hydrogens is 508 g/mol. The van der Waals surface area contributed by atoms with Gasteiger partial charge in [-0.1, -0.05) is 54.6 Å². The second kappa shape index (κ2) is 11.2. The molecule has 0 aromatic heterocycles. The van der Waals surface area contributed by atoms with E-state index in [1.54, 1.807) is 18.2 Å². The van der Waals surface area contributed by atoms with Crippen molar-refractivity contribution in [2.24, 2.45) is 0 Å². The minimum Gasteiger partial charge on any atom is -0.486 e. The molecule has 0 bridgehead atoms. The van der Waals surface area contributed by atoms with Gasteiger partial charge in [-0.2, -0.15) is 0 Å². The van der Waals surface area contributed by atoms with Gasteiger partial charge >= 0.3 is 0 Å². The summed E-state index contributed by atoms with van der Waals surface area (Å²) in [6.45, 7) is -1.31. The van der Waals surface area contributed by atoms with Crippen molar-refractivity contribution in [1.82, 2.24) is 0 Å². The highest BCUT2D eigenvalue weighted by molar-refractivity contribution is 6.29. The summed E-state index contributed by atoms with van der Waals surface area (Å²) in [4.78, 5) is 27.2. The molecule has 5 atom stereocenters. The first-order valence-electron chi connectivity index (χ1n) is 12.5. The van der Waals surface area contributed by atoms with Crippen LogP contribution in [-0.2, 0) is 11.2 Å². The fourth-order valence-corrected chi connectivity index (χ4v) is 4.90. The maximum atomic E-state index is 13.7. The first kappa shape index (κ1) is 26.9. The molecule has 3 aromatic carbocycles. The van der Waals surface area contributed by atoms with Gasteiger partial charge in [-0.05, 0) is 11.6 Å². The van der Waals surface area contributed by atoms with Crippen molar-refractivity contribution in [3.05, 3.63) is 94.0 Å².